The van der Waals surface area contributed by atoms with Crippen LogP contribution in [0.1, 0.15) is 108 Å². The molecule has 3 saturated carbocycles. The van der Waals surface area contributed by atoms with Crippen LogP contribution in [0.2, 0.25) is 0 Å². The van der Waals surface area contributed by atoms with Gasteiger partial charge >= 0.3 is 0 Å². The van der Waals surface area contributed by atoms with E-state index >= 15 is 0 Å². The minimum Gasteiger partial charge on any atom is -0.378 e. The highest BCUT2D eigenvalue weighted by molar-refractivity contribution is 5.90. The molecule has 0 bridgehead atoms. The number of aromatic nitrogens is 1. The number of likely N-dealkylation sites (tertiary alicyclic amines) is 1. The van der Waals surface area contributed by atoms with E-state index in [4.69, 9.17) is 15.2 Å². The molecule has 5 N–H and O–H groups in total. The van der Waals surface area contributed by atoms with Crippen LogP contribution >= 0.6 is 0 Å². The van der Waals surface area contributed by atoms with Gasteiger partial charge in [-0.25, -0.2) is 0 Å². The van der Waals surface area contributed by atoms with Crippen molar-refractivity contribution in [2.45, 2.75) is 133 Å². The Morgan fingerprint density at radius 1 is 0.875 bits per heavy atom. The summed E-state index contributed by atoms with van der Waals surface area (Å²) < 4.78 is 12.1. The first-order chi connectivity index (χ1) is 23.3. The number of hydrogen-bond acceptors (Lipinski definition) is 8. The van der Waals surface area contributed by atoms with Crippen LogP contribution in [0.4, 0.5) is 0 Å². The molecule has 1 saturated heterocycles. The predicted octanol–water partition coefficient (Wildman–Crippen LogP) is 2.90. The lowest BCUT2D eigenvalue weighted by molar-refractivity contribution is -0.128. The van der Waals surface area contributed by atoms with Crippen molar-refractivity contribution in [3.05, 3.63) is 30.1 Å². The van der Waals surface area contributed by atoms with Crippen LogP contribution in [0.15, 0.2) is 24.5 Å². The second-order valence-electron chi connectivity index (χ2n) is 14.3. The molecule has 0 aromatic carbocycles. The van der Waals surface area contributed by atoms with Gasteiger partial charge in [-0.1, -0.05) is 6.07 Å². The molecule has 48 heavy (non-hydrogen) atoms. The number of ether oxygens (including phenoxy) is 2. The molecule has 12 nitrogen and oxygen atoms in total. The van der Waals surface area contributed by atoms with Crippen molar-refractivity contribution in [3.8, 4) is 0 Å². The van der Waals surface area contributed by atoms with Crippen LogP contribution in [0.25, 0.3) is 0 Å². The maximum atomic E-state index is 13.0. The van der Waals surface area contributed by atoms with E-state index in [1.165, 1.54) is 0 Å². The van der Waals surface area contributed by atoms with Gasteiger partial charge in [-0.15, -0.1) is 0 Å². The molecule has 5 rings (SSSR count). The molecule has 1 aromatic heterocycles. The largest absolute Gasteiger partial charge is 0.378 e. The summed E-state index contributed by atoms with van der Waals surface area (Å²) in [5, 5.41) is 9.36. The van der Waals surface area contributed by atoms with Crippen molar-refractivity contribution < 1.29 is 28.7 Å². The zero-order valence-corrected chi connectivity index (χ0v) is 28.6. The van der Waals surface area contributed by atoms with Gasteiger partial charge in [-0.3, -0.25) is 24.2 Å². The van der Waals surface area contributed by atoms with Gasteiger partial charge < -0.3 is 36.1 Å². The van der Waals surface area contributed by atoms with Gasteiger partial charge in [0.1, 0.15) is 0 Å². The molecule has 1 aliphatic heterocycles. The maximum Gasteiger partial charge on any atom is 0.226 e. The van der Waals surface area contributed by atoms with Crippen LogP contribution in [-0.4, -0.2) is 90.7 Å². The molecule has 4 fully saturated rings. The molecule has 4 amide bonds. The smallest absolute Gasteiger partial charge is 0.226 e. The molecule has 2 atom stereocenters. The van der Waals surface area contributed by atoms with Crippen LogP contribution in [0, 0.1) is 11.8 Å². The molecule has 0 spiro atoms. The van der Waals surface area contributed by atoms with Gasteiger partial charge in [-0.05, 0) is 95.1 Å². The average Bonchev–Trinajstić information content (AvgIpc) is 3.40. The molecular formula is C36H56N6O6. The zero-order chi connectivity index (χ0) is 33.9. The van der Waals surface area contributed by atoms with Gasteiger partial charge in [0, 0.05) is 69.5 Å². The molecule has 2 heterocycles. The number of hydrogen-bond donors (Lipinski definition) is 4. The van der Waals surface area contributed by atoms with Crippen molar-refractivity contribution in [1.82, 2.24) is 25.8 Å². The average molecular weight is 669 g/mol. The van der Waals surface area contributed by atoms with Gasteiger partial charge in [-0.2, -0.15) is 0 Å². The van der Waals surface area contributed by atoms with E-state index < -0.39 is 5.92 Å². The molecule has 266 valence electrons. The minimum absolute atomic E-state index is 0.0418. The number of nitrogens with one attached hydrogen (secondary N) is 3. The lowest BCUT2D eigenvalue weighted by Crippen LogP contribution is -2.45. The quantitative estimate of drug-likeness (QED) is 0.220. The van der Waals surface area contributed by atoms with Crippen LogP contribution in [0.5, 0.6) is 0 Å². The number of amides is 4. The fourth-order valence-electron chi connectivity index (χ4n) is 7.87. The summed E-state index contributed by atoms with van der Waals surface area (Å²) in [6, 6.07) is 4.10. The summed E-state index contributed by atoms with van der Waals surface area (Å²) >= 11 is 0. The topological polar surface area (TPSA) is 165 Å². The molecule has 0 radical (unpaired) electrons. The Morgan fingerprint density at radius 3 is 2.19 bits per heavy atom. The van der Waals surface area contributed by atoms with E-state index in [0.29, 0.717) is 32.6 Å². The Labute approximate surface area is 285 Å². The summed E-state index contributed by atoms with van der Waals surface area (Å²) in [4.78, 5) is 56.4. The second-order valence-corrected chi connectivity index (χ2v) is 14.3. The van der Waals surface area contributed by atoms with E-state index in [-0.39, 0.29) is 72.3 Å². The highest BCUT2D eigenvalue weighted by Gasteiger charge is 2.42. The Kier molecular flexibility index (Phi) is 13.6. The molecule has 3 aliphatic carbocycles. The minimum atomic E-state index is -0.447. The lowest BCUT2D eigenvalue weighted by Gasteiger charge is -2.31. The third-order valence-corrected chi connectivity index (χ3v) is 10.8. The fourth-order valence-corrected chi connectivity index (χ4v) is 7.87. The van der Waals surface area contributed by atoms with Crippen LogP contribution in [-0.2, 0) is 28.7 Å². The van der Waals surface area contributed by atoms with Crippen molar-refractivity contribution in [1.29, 1.82) is 0 Å². The van der Waals surface area contributed by atoms with Gasteiger partial charge in [0.15, 0.2) is 0 Å². The standard InChI is InChI=1S/C36H56N6O6/c1-42-33(44)22-31(34(42)25-4-2-18-38-23-25)36(46)39-19-21-48-30-16-14-29(15-17-30)47-20-3-5-32(43)40-27-10-6-24(7-11-27)35(45)41-28-12-8-26(37)9-13-28/h2,4,18,23-24,26-31,34H,3,5-17,19-22,37H2,1H3,(H,39,46)(H,40,43)(H,41,45). The maximum absolute atomic E-state index is 13.0. The number of carbonyl (C=O) groups is 4. The number of nitrogens with two attached hydrogens (primary N) is 1. The first kappa shape index (κ1) is 36.2. The molecule has 12 heteroatoms. The first-order valence-corrected chi connectivity index (χ1v) is 18.3. The normalized spacial score (nSPS) is 30.9. The Balaban J connectivity index is 0.872. The van der Waals surface area contributed by atoms with Gasteiger partial charge in [0.2, 0.25) is 23.6 Å². The fraction of sp³-hybridized carbons (Fsp3) is 0.750. The van der Waals surface area contributed by atoms with E-state index in [0.717, 1.165) is 82.6 Å². The highest BCUT2D eigenvalue weighted by atomic mass is 16.5. The molecular weight excluding hydrogens is 612 g/mol. The predicted molar refractivity (Wildman–Crippen MR) is 180 cm³/mol. The number of nitrogens with zero attached hydrogens (tertiary/aromatic N) is 2. The van der Waals surface area contributed by atoms with Gasteiger partial charge in [0.05, 0.1) is 30.8 Å². The second kappa shape index (κ2) is 18.1. The lowest BCUT2D eigenvalue weighted by atomic mass is 9.84. The number of rotatable bonds is 14. The molecule has 2 unspecified atom stereocenters. The molecule has 4 aliphatic rings. The Morgan fingerprint density at radius 2 is 1.52 bits per heavy atom. The first-order valence-electron chi connectivity index (χ1n) is 18.3. The summed E-state index contributed by atoms with van der Waals surface area (Å²) in [7, 11) is 1.74. The summed E-state index contributed by atoms with van der Waals surface area (Å²) in [6.45, 7) is 1.39. The Hall–Kier alpha value is -3.09. The molecule has 1 aromatic rings. The van der Waals surface area contributed by atoms with Crippen molar-refractivity contribution in [3.63, 3.8) is 0 Å². The third kappa shape index (κ3) is 10.5. The SMILES string of the molecule is CN1C(=O)CC(C(=O)NCCOC2CCC(OCCCC(=O)NC3CCC(C(=O)NC4CCC(N)CC4)CC3)CC2)C1c1cccnc1. The van der Waals surface area contributed by atoms with E-state index in [1.54, 1.807) is 24.3 Å². The van der Waals surface area contributed by atoms with Crippen LogP contribution in [0.3, 0.4) is 0 Å². The van der Waals surface area contributed by atoms with Crippen molar-refractivity contribution in [2.24, 2.45) is 17.6 Å². The van der Waals surface area contributed by atoms with E-state index in [1.807, 2.05) is 12.1 Å². The van der Waals surface area contributed by atoms with Crippen LogP contribution < -0.4 is 21.7 Å². The van der Waals surface area contributed by atoms with Gasteiger partial charge in [0.25, 0.3) is 0 Å². The monoisotopic (exact) mass is 668 g/mol. The summed E-state index contributed by atoms with van der Waals surface area (Å²) in [5.41, 5.74) is 6.85. The van der Waals surface area contributed by atoms with Crippen molar-refractivity contribution >= 4 is 23.6 Å². The summed E-state index contributed by atoms with van der Waals surface area (Å²) in [5.74, 6) is -0.342. The van der Waals surface area contributed by atoms with E-state index in [2.05, 4.69) is 20.9 Å². The highest BCUT2D eigenvalue weighted by Crippen LogP contribution is 2.36. The number of carbonyl (C=O) groups excluding carboxylic acids is 4. The number of pyridine rings is 1. The van der Waals surface area contributed by atoms with Crippen molar-refractivity contribution in [2.75, 3.05) is 26.8 Å². The third-order valence-electron chi connectivity index (χ3n) is 10.8. The summed E-state index contributed by atoms with van der Waals surface area (Å²) in [6.07, 6.45) is 15.9. The zero-order valence-electron chi connectivity index (χ0n) is 28.6. The Bertz CT molecular complexity index is 1190. The van der Waals surface area contributed by atoms with E-state index in [9.17, 15) is 19.2 Å².